The molecule has 5 atom stereocenters. The number of fused-ring (bicyclic) bond motifs is 1. The lowest BCUT2D eigenvalue weighted by Gasteiger charge is -2.36. The van der Waals surface area contributed by atoms with E-state index in [9.17, 15) is 27.6 Å². The van der Waals surface area contributed by atoms with E-state index in [1.807, 2.05) is 20.8 Å². The minimum atomic E-state index is -3.91. The number of hydrogen-bond donors (Lipinski definition) is 4. The minimum Gasteiger partial charge on any atom is -0.494 e. The van der Waals surface area contributed by atoms with Gasteiger partial charge >= 0.3 is 0 Å². The SMILES string of the molecule is C=C[C@@H]1C[C@]1(NC(=O)[C@@H]1C[C@@H](Oc2ncc(OC)c3ccc(Cl)cc23)CN1C(=O)[C@H](Nc1cccc(C(N)=O)c1)C(C)(C)C)C(=O)NS(=O)(=O)C1CC1. The molecule has 3 aliphatic rings. The molecule has 5 N–H and O–H groups in total. The van der Waals surface area contributed by atoms with Crippen LogP contribution in [0.5, 0.6) is 11.6 Å². The van der Waals surface area contributed by atoms with Crippen LogP contribution in [-0.2, 0) is 24.4 Å². The van der Waals surface area contributed by atoms with Gasteiger partial charge in [-0.15, -0.1) is 6.58 Å². The third kappa shape index (κ3) is 7.77. The topological polar surface area (TPSA) is 199 Å². The number of nitrogens with zero attached hydrogens (tertiary/aromatic N) is 2. The van der Waals surface area contributed by atoms with E-state index in [0.717, 1.165) is 0 Å². The summed E-state index contributed by atoms with van der Waals surface area (Å²) in [5, 5.41) is 7.08. The lowest BCUT2D eigenvalue weighted by molar-refractivity contribution is -0.141. The fourth-order valence-corrected chi connectivity index (χ4v) is 8.25. The Morgan fingerprint density at radius 1 is 1.13 bits per heavy atom. The van der Waals surface area contributed by atoms with Crippen LogP contribution < -0.4 is 30.6 Å². The van der Waals surface area contributed by atoms with Gasteiger partial charge in [0, 0.05) is 39.4 Å². The molecule has 2 heterocycles. The number of primary amides is 1. The molecular weight excluding hydrogens is 724 g/mol. The maximum absolute atomic E-state index is 14.7. The average molecular weight is 767 g/mol. The number of pyridine rings is 1. The number of halogens is 1. The van der Waals surface area contributed by atoms with Crippen LogP contribution in [0, 0.1) is 11.3 Å². The molecule has 1 aromatic heterocycles. The van der Waals surface area contributed by atoms with Crippen molar-refractivity contribution in [1.29, 1.82) is 0 Å². The van der Waals surface area contributed by atoms with Gasteiger partial charge in [0.15, 0.2) is 0 Å². The number of amides is 4. The van der Waals surface area contributed by atoms with Gasteiger partial charge in [-0.1, -0.05) is 44.5 Å². The summed E-state index contributed by atoms with van der Waals surface area (Å²) in [6, 6.07) is 9.56. The van der Waals surface area contributed by atoms with Crippen LogP contribution in [0.1, 0.15) is 56.8 Å². The lowest BCUT2D eigenvalue weighted by Crippen LogP contribution is -2.58. The number of sulfonamides is 1. The summed E-state index contributed by atoms with van der Waals surface area (Å²) < 4.78 is 39.5. The number of ether oxygens (including phenoxy) is 2. The Balaban J connectivity index is 1.33. The van der Waals surface area contributed by atoms with E-state index in [-0.39, 0.29) is 30.8 Å². The third-order valence-electron chi connectivity index (χ3n) is 9.94. The number of aromatic nitrogens is 1. The average Bonchev–Trinajstić information content (AvgIpc) is 4.03. The van der Waals surface area contributed by atoms with E-state index in [4.69, 9.17) is 26.8 Å². The number of benzene rings is 2. The van der Waals surface area contributed by atoms with Gasteiger partial charge in [-0.25, -0.2) is 13.4 Å². The molecule has 0 spiro atoms. The first-order valence-electron chi connectivity index (χ1n) is 17.2. The van der Waals surface area contributed by atoms with Gasteiger partial charge in [0.05, 0.1) is 25.1 Å². The summed E-state index contributed by atoms with van der Waals surface area (Å²) in [5.41, 5.74) is 3.94. The molecule has 282 valence electrons. The number of methoxy groups -OCH3 is 1. The van der Waals surface area contributed by atoms with Crippen molar-refractivity contribution in [2.75, 3.05) is 19.0 Å². The smallest absolute Gasteiger partial charge is 0.259 e. The number of nitrogens with one attached hydrogen (secondary N) is 3. The molecule has 6 rings (SSSR count). The van der Waals surface area contributed by atoms with Crippen LogP contribution in [0.15, 0.2) is 61.3 Å². The van der Waals surface area contributed by atoms with Crippen LogP contribution in [0.2, 0.25) is 5.02 Å². The lowest BCUT2D eigenvalue weighted by atomic mass is 9.85. The molecule has 0 bridgehead atoms. The molecule has 2 aromatic carbocycles. The summed E-state index contributed by atoms with van der Waals surface area (Å²) in [7, 11) is -2.39. The molecule has 3 aromatic rings. The largest absolute Gasteiger partial charge is 0.494 e. The number of anilines is 1. The summed E-state index contributed by atoms with van der Waals surface area (Å²) in [5.74, 6) is -2.41. The Kier molecular flexibility index (Phi) is 10.1. The molecule has 3 fully saturated rings. The first-order valence-corrected chi connectivity index (χ1v) is 19.2. The normalized spacial score (nSPS) is 23.1. The molecule has 4 amide bonds. The molecule has 2 aliphatic carbocycles. The molecule has 0 radical (unpaired) electrons. The second-order valence-electron chi connectivity index (χ2n) is 14.9. The predicted molar refractivity (Wildman–Crippen MR) is 199 cm³/mol. The van der Waals surface area contributed by atoms with Gasteiger partial charge in [-0.05, 0) is 61.1 Å². The number of nitrogens with two attached hydrogens (primary N) is 1. The highest BCUT2D eigenvalue weighted by Crippen LogP contribution is 2.46. The second-order valence-corrected chi connectivity index (χ2v) is 17.3. The highest BCUT2D eigenvalue weighted by atomic mass is 35.5. The number of carbonyl (C=O) groups excluding carboxylic acids is 4. The first kappa shape index (κ1) is 37.9. The van der Waals surface area contributed by atoms with E-state index in [0.29, 0.717) is 40.1 Å². The van der Waals surface area contributed by atoms with Gasteiger partial charge in [0.2, 0.25) is 33.6 Å². The molecule has 16 heteroatoms. The van der Waals surface area contributed by atoms with Gasteiger partial charge < -0.3 is 30.7 Å². The van der Waals surface area contributed by atoms with E-state index in [1.54, 1.807) is 42.5 Å². The van der Waals surface area contributed by atoms with Crippen LogP contribution in [0.4, 0.5) is 5.69 Å². The van der Waals surface area contributed by atoms with E-state index >= 15 is 0 Å². The van der Waals surface area contributed by atoms with Crippen molar-refractivity contribution in [2.24, 2.45) is 17.1 Å². The molecule has 0 unspecified atom stereocenters. The minimum absolute atomic E-state index is 0.0121. The molecule has 1 aliphatic heterocycles. The van der Waals surface area contributed by atoms with Gasteiger partial charge in [0.25, 0.3) is 5.91 Å². The van der Waals surface area contributed by atoms with Gasteiger partial charge in [-0.3, -0.25) is 23.9 Å². The maximum atomic E-state index is 14.7. The number of carbonyl (C=O) groups is 4. The standard InChI is InChI=1S/C37H43ClN6O8S/c1-6-21-17-37(21,35(48)43-53(49,50)25-11-12-25)42-32(46)28-16-24(52-33-27-15-22(38)10-13-26(27)29(51-5)18-40-33)19-44(28)34(47)30(36(2,3)4)41-23-9-7-8-20(14-23)31(39)45/h6-10,13-15,18,21,24-25,28,30,41H,1,11-12,16-17,19H2,2-5H3,(H2,39,45)(H,42,46)(H,43,48)/t21-,24-,28+,30+,37-/m1/s1. The van der Waals surface area contributed by atoms with Crippen molar-refractivity contribution < 1.29 is 37.1 Å². The highest BCUT2D eigenvalue weighted by Gasteiger charge is 2.62. The third-order valence-corrected chi connectivity index (χ3v) is 12.0. The Hall–Kier alpha value is -4.89. The van der Waals surface area contributed by atoms with Crippen molar-refractivity contribution in [3.8, 4) is 11.6 Å². The Labute approximate surface area is 312 Å². The van der Waals surface area contributed by atoms with Gasteiger partial charge in [0.1, 0.15) is 29.5 Å². The fourth-order valence-electron chi connectivity index (χ4n) is 6.72. The van der Waals surface area contributed by atoms with E-state index in [1.165, 1.54) is 24.3 Å². The van der Waals surface area contributed by atoms with Crippen molar-refractivity contribution in [1.82, 2.24) is 19.9 Å². The first-order chi connectivity index (χ1) is 25.0. The molecule has 2 saturated carbocycles. The van der Waals surface area contributed by atoms with E-state index < -0.39 is 74.0 Å². The van der Waals surface area contributed by atoms with Crippen molar-refractivity contribution >= 4 is 61.7 Å². The fraction of sp³-hybridized carbons (Fsp3) is 0.432. The summed E-state index contributed by atoms with van der Waals surface area (Å²) in [6.45, 7) is 9.30. The molecular formula is C37H43ClN6O8S. The van der Waals surface area contributed by atoms with Crippen LogP contribution in [-0.4, -0.2) is 84.6 Å². The van der Waals surface area contributed by atoms with Crippen LogP contribution >= 0.6 is 11.6 Å². The second kappa shape index (κ2) is 14.2. The van der Waals surface area contributed by atoms with Crippen molar-refractivity contribution in [3.05, 3.63) is 71.9 Å². The Bertz CT molecular complexity index is 2100. The molecule has 53 heavy (non-hydrogen) atoms. The predicted octanol–water partition coefficient (Wildman–Crippen LogP) is 3.54. The van der Waals surface area contributed by atoms with Crippen LogP contribution in [0.3, 0.4) is 0 Å². The van der Waals surface area contributed by atoms with Gasteiger partial charge in [-0.2, -0.15) is 0 Å². The zero-order chi connectivity index (χ0) is 38.5. The zero-order valence-corrected chi connectivity index (χ0v) is 31.4. The Morgan fingerprint density at radius 2 is 1.87 bits per heavy atom. The van der Waals surface area contributed by atoms with Crippen LogP contribution in [0.25, 0.3) is 10.8 Å². The number of hydrogen-bond acceptors (Lipinski definition) is 10. The number of likely N-dealkylation sites (tertiary alicyclic amines) is 1. The quantitative estimate of drug-likeness (QED) is 0.187. The maximum Gasteiger partial charge on any atom is 0.259 e. The summed E-state index contributed by atoms with van der Waals surface area (Å²) in [4.78, 5) is 60.3. The zero-order valence-electron chi connectivity index (χ0n) is 29.8. The highest BCUT2D eigenvalue weighted by molar-refractivity contribution is 7.91. The summed E-state index contributed by atoms with van der Waals surface area (Å²) in [6.07, 6.45) is 3.32. The van der Waals surface area contributed by atoms with Crippen molar-refractivity contribution in [2.45, 2.75) is 75.4 Å². The summed E-state index contributed by atoms with van der Waals surface area (Å²) >= 11 is 6.34. The molecule has 1 saturated heterocycles. The Morgan fingerprint density at radius 3 is 2.49 bits per heavy atom. The monoisotopic (exact) mass is 766 g/mol. The number of rotatable bonds is 13. The molecule has 14 nitrogen and oxygen atoms in total. The van der Waals surface area contributed by atoms with E-state index in [2.05, 4.69) is 26.9 Å². The van der Waals surface area contributed by atoms with Crippen molar-refractivity contribution in [3.63, 3.8) is 0 Å².